The molecule has 13 heteroatoms. The summed E-state index contributed by atoms with van der Waals surface area (Å²) in [7, 11) is 0. The number of ether oxygens (including phenoxy) is 1. The number of alkyl halides is 6. The van der Waals surface area contributed by atoms with E-state index in [-0.39, 0.29) is 39.0 Å². The van der Waals surface area contributed by atoms with Crippen molar-refractivity contribution in [2.24, 2.45) is 0 Å². The minimum absolute atomic E-state index is 0.0557. The topological polar surface area (TPSA) is 55.4 Å². The molecule has 0 atom stereocenters. The molecule has 0 aliphatic rings. The van der Waals surface area contributed by atoms with Crippen LogP contribution in [0.1, 0.15) is 21.5 Å². The SMILES string of the molecule is O=C(COC(=O)c1cc(C(F)(F)F)cc(C(F)(F)F)c1)Nc1c(Cl)cc(Cl)cc1Cl. The number of hydrogen-bond acceptors (Lipinski definition) is 3. The number of rotatable bonds is 4. The minimum Gasteiger partial charge on any atom is -0.452 e. The molecule has 0 bridgehead atoms. The lowest BCUT2D eigenvalue weighted by atomic mass is 10.0. The standard InChI is InChI=1S/C17H8Cl3F6NO3/c18-10-4-11(19)14(12(20)5-10)27-13(28)6-30-15(29)7-1-8(16(21,22)23)3-9(2-7)17(24,25)26/h1-5H,6H2,(H,27,28). The first-order chi connectivity index (χ1) is 13.7. The van der Waals surface area contributed by atoms with Crippen LogP contribution in [0.4, 0.5) is 32.0 Å². The van der Waals surface area contributed by atoms with E-state index in [4.69, 9.17) is 34.8 Å². The Bertz CT molecular complexity index is 936. The van der Waals surface area contributed by atoms with Crippen molar-refractivity contribution < 1.29 is 40.7 Å². The maximum Gasteiger partial charge on any atom is 0.416 e. The third-order valence-electron chi connectivity index (χ3n) is 3.43. The highest BCUT2D eigenvalue weighted by molar-refractivity contribution is 6.42. The Morgan fingerprint density at radius 1 is 0.833 bits per heavy atom. The summed E-state index contributed by atoms with van der Waals surface area (Å²) < 4.78 is 81.6. The zero-order valence-corrected chi connectivity index (χ0v) is 16.5. The van der Waals surface area contributed by atoms with Gasteiger partial charge in [-0.15, -0.1) is 0 Å². The molecule has 162 valence electrons. The number of benzene rings is 2. The Morgan fingerprint density at radius 2 is 1.30 bits per heavy atom. The summed E-state index contributed by atoms with van der Waals surface area (Å²) in [4.78, 5) is 23.8. The van der Waals surface area contributed by atoms with Gasteiger partial charge < -0.3 is 10.1 Å². The lowest BCUT2D eigenvalue weighted by Crippen LogP contribution is -2.22. The molecular formula is C17H8Cl3F6NO3. The normalized spacial score (nSPS) is 11.9. The molecule has 2 aromatic rings. The highest BCUT2D eigenvalue weighted by Crippen LogP contribution is 2.36. The molecule has 0 spiro atoms. The zero-order valence-electron chi connectivity index (χ0n) is 14.2. The van der Waals surface area contributed by atoms with Gasteiger partial charge in [0.25, 0.3) is 5.91 Å². The quantitative estimate of drug-likeness (QED) is 0.391. The number of esters is 1. The molecule has 0 aliphatic carbocycles. The second-order valence-electron chi connectivity index (χ2n) is 5.66. The van der Waals surface area contributed by atoms with Crippen LogP contribution in [0.15, 0.2) is 30.3 Å². The van der Waals surface area contributed by atoms with Gasteiger partial charge in [-0.3, -0.25) is 4.79 Å². The molecule has 2 rings (SSSR count). The number of nitrogens with one attached hydrogen (secondary N) is 1. The average Bonchev–Trinajstić information content (AvgIpc) is 2.60. The highest BCUT2D eigenvalue weighted by Gasteiger charge is 2.37. The van der Waals surface area contributed by atoms with Crippen molar-refractivity contribution in [3.63, 3.8) is 0 Å². The summed E-state index contributed by atoms with van der Waals surface area (Å²) in [6.45, 7) is -1.04. The van der Waals surface area contributed by atoms with Crippen LogP contribution in [0.25, 0.3) is 0 Å². The molecule has 4 nitrogen and oxygen atoms in total. The van der Waals surface area contributed by atoms with Crippen LogP contribution in [-0.2, 0) is 21.9 Å². The van der Waals surface area contributed by atoms with Crippen LogP contribution in [-0.4, -0.2) is 18.5 Å². The summed E-state index contributed by atoms with van der Waals surface area (Å²) in [5.41, 5.74) is -4.52. The van der Waals surface area contributed by atoms with Gasteiger partial charge in [-0.2, -0.15) is 26.3 Å². The van der Waals surface area contributed by atoms with E-state index in [9.17, 15) is 35.9 Å². The second-order valence-corrected chi connectivity index (χ2v) is 6.91. The number of carbonyl (C=O) groups excluding carboxylic acids is 2. The molecule has 1 amide bonds. The van der Waals surface area contributed by atoms with Gasteiger partial charge >= 0.3 is 18.3 Å². The molecular weight excluding hydrogens is 487 g/mol. The Balaban J connectivity index is 2.17. The first-order valence-electron chi connectivity index (χ1n) is 7.59. The number of amides is 1. The zero-order chi connectivity index (χ0) is 22.9. The van der Waals surface area contributed by atoms with Crippen LogP contribution in [0.3, 0.4) is 0 Å². The fourth-order valence-corrected chi connectivity index (χ4v) is 3.04. The van der Waals surface area contributed by atoms with Crippen molar-refractivity contribution >= 4 is 52.4 Å². The first-order valence-corrected chi connectivity index (χ1v) is 8.73. The monoisotopic (exact) mass is 493 g/mol. The number of carbonyl (C=O) groups is 2. The van der Waals surface area contributed by atoms with Gasteiger partial charge in [0.1, 0.15) is 0 Å². The molecule has 0 fully saturated rings. The van der Waals surface area contributed by atoms with Gasteiger partial charge in [0, 0.05) is 5.02 Å². The van der Waals surface area contributed by atoms with Crippen molar-refractivity contribution in [2.75, 3.05) is 11.9 Å². The van der Waals surface area contributed by atoms with Crippen molar-refractivity contribution in [2.45, 2.75) is 12.4 Å². The molecule has 0 heterocycles. The fraction of sp³-hybridized carbons (Fsp3) is 0.176. The van der Waals surface area contributed by atoms with E-state index in [0.717, 1.165) is 0 Å². The van der Waals surface area contributed by atoms with E-state index in [1.54, 1.807) is 0 Å². The third kappa shape index (κ3) is 6.16. The van der Waals surface area contributed by atoms with E-state index < -0.39 is 47.5 Å². The summed E-state index contributed by atoms with van der Waals surface area (Å²) in [5, 5.41) is 2.24. The van der Waals surface area contributed by atoms with Gasteiger partial charge in [-0.25, -0.2) is 4.79 Å². The molecule has 0 aliphatic heterocycles. The molecule has 1 N–H and O–H groups in total. The summed E-state index contributed by atoms with van der Waals surface area (Å²) in [5.74, 6) is -2.58. The van der Waals surface area contributed by atoms with E-state index in [2.05, 4.69) is 10.1 Å². The predicted molar refractivity (Wildman–Crippen MR) is 96.8 cm³/mol. The molecule has 0 aromatic heterocycles. The molecule has 0 radical (unpaired) electrons. The smallest absolute Gasteiger partial charge is 0.416 e. The largest absolute Gasteiger partial charge is 0.452 e. The summed E-state index contributed by atoms with van der Waals surface area (Å²) in [6.07, 6.45) is -10.3. The Morgan fingerprint density at radius 3 is 1.73 bits per heavy atom. The van der Waals surface area contributed by atoms with Gasteiger partial charge in [0.05, 0.1) is 32.4 Å². The Hall–Kier alpha value is -2.17. The lowest BCUT2D eigenvalue weighted by Gasteiger charge is -2.14. The minimum atomic E-state index is -5.14. The van der Waals surface area contributed by atoms with E-state index in [0.29, 0.717) is 0 Å². The van der Waals surface area contributed by atoms with Crippen LogP contribution in [0, 0.1) is 0 Å². The Kier molecular flexibility index (Phi) is 7.16. The van der Waals surface area contributed by atoms with Crippen molar-refractivity contribution in [1.29, 1.82) is 0 Å². The molecule has 0 saturated heterocycles. The van der Waals surface area contributed by atoms with Crippen molar-refractivity contribution in [1.82, 2.24) is 0 Å². The first kappa shape index (κ1) is 24.1. The number of halogens is 9. The van der Waals surface area contributed by atoms with Crippen molar-refractivity contribution in [3.05, 3.63) is 62.1 Å². The van der Waals surface area contributed by atoms with Crippen LogP contribution in [0.2, 0.25) is 15.1 Å². The Labute approximate surface area is 179 Å². The van der Waals surface area contributed by atoms with E-state index in [1.807, 2.05) is 0 Å². The highest BCUT2D eigenvalue weighted by atomic mass is 35.5. The summed E-state index contributed by atoms with van der Waals surface area (Å²) >= 11 is 17.4. The van der Waals surface area contributed by atoms with Crippen LogP contribution >= 0.6 is 34.8 Å². The summed E-state index contributed by atoms with van der Waals surface area (Å²) in [6, 6.07) is 2.72. The van der Waals surface area contributed by atoms with Crippen molar-refractivity contribution in [3.8, 4) is 0 Å². The predicted octanol–water partition coefficient (Wildman–Crippen LogP) is 6.48. The van der Waals surface area contributed by atoms with Gasteiger partial charge in [-0.1, -0.05) is 34.8 Å². The third-order valence-corrected chi connectivity index (χ3v) is 4.24. The van der Waals surface area contributed by atoms with Crippen LogP contribution < -0.4 is 5.32 Å². The number of hydrogen-bond donors (Lipinski definition) is 1. The maximum absolute atomic E-state index is 12.8. The van der Waals surface area contributed by atoms with Gasteiger partial charge in [-0.05, 0) is 30.3 Å². The maximum atomic E-state index is 12.8. The van der Waals surface area contributed by atoms with Gasteiger partial charge in [0.2, 0.25) is 0 Å². The fourth-order valence-electron chi connectivity index (χ4n) is 2.12. The number of anilines is 1. The molecule has 30 heavy (non-hydrogen) atoms. The second kappa shape index (κ2) is 8.91. The lowest BCUT2D eigenvalue weighted by molar-refractivity contribution is -0.143. The molecule has 2 aromatic carbocycles. The average molecular weight is 495 g/mol. The molecule has 0 unspecified atom stereocenters. The van der Waals surface area contributed by atoms with E-state index >= 15 is 0 Å². The van der Waals surface area contributed by atoms with Gasteiger partial charge in [0.15, 0.2) is 6.61 Å². The van der Waals surface area contributed by atoms with E-state index in [1.165, 1.54) is 12.1 Å². The molecule has 0 saturated carbocycles. The van der Waals surface area contributed by atoms with Crippen LogP contribution in [0.5, 0.6) is 0 Å².